The number of aliphatic imine (C=N–C) groups is 1. The Morgan fingerprint density at radius 3 is 2.73 bits per heavy atom. The Kier molecular flexibility index (Phi) is 5.99. The Hall–Kier alpha value is -2.54. The highest BCUT2D eigenvalue weighted by Crippen LogP contribution is 2.42. The number of benzene rings is 2. The van der Waals surface area contributed by atoms with Gasteiger partial charge in [-0.1, -0.05) is 29.3 Å². The number of rotatable bonds is 7. The summed E-state index contributed by atoms with van der Waals surface area (Å²) in [4.78, 5) is 7.29. The van der Waals surface area contributed by atoms with E-state index in [1.165, 1.54) is 0 Å². The molecule has 0 N–H and O–H groups in total. The van der Waals surface area contributed by atoms with Crippen molar-refractivity contribution in [3.8, 4) is 11.5 Å². The van der Waals surface area contributed by atoms with Gasteiger partial charge in [0, 0.05) is 35.1 Å². The van der Waals surface area contributed by atoms with E-state index in [9.17, 15) is 5.21 Å². The Morgan fingerprint density at radius 2 is 2.00 bits per heavy atom. The summed E-state index contributed by atoms with van der Waals surface area (Å²) in [7, 11) is 3.32. The van der Waals surface area contributed by atoms with Gasteiger partial charge in [-0.15, -0.1) is 0 Å². The first-order valence-corrected chi connectivity index (χ1v) is 11.0. The predicted octanol–water partition coefficient (Wildman–Crippen LogP) is 5.21. The van der Waals surface area contributed by atoms with Crippen molar-refractivity contribution in [1.29, 1.82) is 0 Å². The molecule has 0 saturated heterocycles. The summed E-state index contributed by atoms with van der Waals surface area (Å²) in [5.41, 5.74) is 2.74. The predicted molar refractivity (Wildman–Crippen MR) is 122 cm³/mol. The third kappa shape index (κ3) is 3.78. The number of amidine groups is 1. The highest BCUT2D eigenvalue weighted by atomic mass is 79.9. The van der Waals surface area contributed by atoms with Gasteiger partial charge in [0.15, 0.2) is 12.3 Å². The summed E-state index contributed by atoms with van der Waals surface area (Å²) < 4.78 is 12.8. The smallest absolute Gasteiger partial charge is 0.222 e. The number of fused-ring (bicyclic) bond motifs is 3. The molecule has 0 spiro atoms. The summed E-state index contributed by atoms with van der Waals surface area (Å²) >= 11 is 3.49. The van der Waals surface area contributed by atoms with Crippen molar-refractivity contribution in [3.05, 3.63) is 57.2 Å². The van der Waals surface area contributed by atoms with Crippen molar-refractivity contribution >= 4 is 33.7 Å². The van der Waals surface area contributed by atoms with Crippen molar-refractivity contribution in [3.63, 3.8) is 0 Å². The molecule has 2 aliphatic rings. The largest absolute Gasteiger partial charge is 0.618 e. The molecular formula is C23H26BrN3O3. The summed E-state index contributed by atoms with van der Waals surface area (Å²) in [6.45, 7) is 2.83. The molecule has 158 valence electrons. The van der Waals surface area contributed by atoms with Crippen molar-refractivity contribution < 1.29 is 14.2 Å². The Labute approximate surface area is 185 Å². The second-order valence-electron chi connectivity index (χ2n) is 7.57. The van der Waals surface area contributed by atoms with Crippen LogP contribution < -0.4 is 9.47 Å². The molecular weight excluding hydrogens is 446 g/mol. The van der Waals surface area contributed by atoms with Gasteiger partial charge in [-0.3, -0.25) is 4.99 Å². The molecule has 0 aliphatic carbocycles. The van der Waals surface area contributed by atoms with Gasteiger partial charge in [-0.05, 0) is 30.7 Å². The van der Waals surface area contributed by atoms with Crippen LogP contribution in [0.4, 0.5) is 5.69 Å². The van der Waals surface area contributed by atoms with Gasteiger partial charge >= 0.3 is 0 Å². The Balaban J connectivity index is 1.74. The van der Waals surface area contributed by atoms with E-state index in [0.717, 1.165) is 56.9 Å². The first kappa shape index (κ1) is 20.7. The van der Waals surface area contributed by atoms with Crippen LogP contribution in [0.2, 0.25) is 0 Å². The molecule has 4 rings (SSSR count). The van der Waals surface area contributed by atoms with Crippen molar-refractivity contribution in [1.82, 2.24) is 4.90 Å². The van der Waals surface area contributed by atoms with Crippen LogP contribution in [0.15, 0.2) is 45.9 Å². The zero-order valence-corrected chi connectivity index (χ0v) is 19.1. The molecule has 2 heterocycles. The van der Waals surface area contributed by atoms with Gasteiger partial charge < -0.3 is 19.6 Å². The third-order valence-electron chi connectivity index (χ3n) is 5.71. The maximum atomic E-state index is 12.7. The quantitative estimate of drug-likeness (QED) is 0.410. The normalized spacial score (nSPS) is 19.7. The van der Waals surface area contributed by atoms with Crippen molar-refractivity contribution in [2.24, 2.45) is 4.99 Å². The monoisotopic (exact) mass is 471 g/mol. The third-order valence-corrected chi connectivity index (χ3v) is 6.21. The zero-order chi connectivity index (χ0) is 21.3. The number of unbranched alkanes of at least 4 members (excludes halogenated alkanes) is 1. The molecule has 2 atom stereocenters. The van der Waals surface area contributed by atoms with E-state index in [-0.39, 0.29) is 12.1 Å². The van der Waals surface area contributed by atoms with E-state index in [4.69, 9.17) is 14.5 Å². The summed E-state index contributed by atoms with van der Waals surface area (Å²) in [5.74, 6) is 2.59. The van der Waals surface area contributed by atoms with Gasteiger partial charge in [-0.2, -0.15) is 4.74 Å². The minimum Gasteiger partial charge on any atom is -0.618 e. The molecule has 2 aromatic carbocycles. The van der Waals surface area contributed by atoms with Crippen LogP contribution in [0.1, 0.15) is 43.4 Å². The minimum atomic E-state index is -0.188. The zero-order valence-electron chi connectivity index (χ0n) is 17.5. The molecule has 0 aromatic heterocycles. The fourth-order valence-corrected chi connectivity index (χ4v) is 4.55. The summed E-state index contributed by atoms with van der Waals surface area (Å²) in [5, 5.41) is 12.7. The topological polar surface area (TPSA) is 60.1 Å². The number of hydrogen-bond acceptors (Lipinski definition) is 5. The summed E-state index contributed by atoms with van der Waals surface area (Å²) in [6.07, 6.45) is 4.73. The van der Waals surface area contributed by atoms with Gasteiger partial charge in [0.25, 0.3) is 0 Å². The van der Waals surface area contributed by atoms with Crippen LogP contribution in [0.25, 0.3) is 0 Å². The minimum absolute atomic E-state index is 0.00281. The molecule has 7 heteroatoms. The van der Waals surface area contributed by atoms with E-state index in [0.29, 0.717) is 12.2 Å². The Bertz CT molecular complexity index is 1010. The maximum Gasteiger partial charge on any atom is 0.222 e. The van der Waals surface area contributed by atoms with Crippen LogP contribution in [0, 0.1) is 5.21 Å². The molecule has 30 heavy (non-hydrogen) atoms. The lowest BCUT2D eigenvalue weighted by Crippen LogP contribution is -2.36. The van der Waals surface area contributed by atoms with E-state index in [1.807, 2.05) is 36.4 Å². The van der Waals surface area contributed by atoms with Gasteiger partial charge in [-0.25, -0.2) is 0 Å². The highest BCUT2D eigenvalue weighted by Gasteiger charge is 2.43. The first-order valence-electron chi connectivity index (χ1n) is 10.2. The van der Waals surface area contributed by atoms with E-state index in [1.54, 1.807) is 20.4 Å². The molecule has 0 fully saturated rings. The van der Waals surface area contributed by atoms with Crippen molar-refractivity contribution in [2.45, 2.75) is 44.8 Å². The van der Waals surface area contributed by atoms with Crippen LogP contribution in [-0.4, -0.2) is 42.0 Å². The average molecular weight is 472 g/mol. The molecule has 0 radical (unpaired) electrons. The van der Waals surface area contributed by atoms with Crippen LogP contribution in [0.5, 0.6) is 11.5 Å². The second-order valence-corrected chi connectivity index (χ2v) is 8.48. The number of halogens is 1. The summed E-state index contributed by atoms with van der Waals surface area (Å²) in [6, 6.07) is 11.6. The Morgan fingerprint density at radius 1 is 1.17 bits per heavy atom. The average Bonchev–Trinajstić information content (AvgIpc) is 3.09. The number of ether oxygens (including phenoxy) is 2. The van der Waals surface area contributed by atoms with Crippen LogP contribution in [0.3, 0.4) is 0 Å². The van der Waals surface area contributed by atoms with Gasteiger partial charge in [0.05, 0.1) is 25.8 Å². The molecule has 2 aliphatic heterocycles. The molecule has 0 amide bonds. The number of hydrogen-bond donors (Lipinski definition) is 0. The number of methoxy groups -OCH3 is 2. The lowest BCUT2D eigenvalue weighted by molar-refractivity contribution is -0.361. The maximum absolute atomic E-state index is 12.7. The standard InChI is InChI=1S/C23H26BrN3O3/c1-4-5-6-22-25-19-14-27(28)20-11-16(24)8-10-18(20)23(19)26(22)13-15-7-9-17(29-2)12-21(15)30-3/h7-12,14,19,23H,4-6,13H2,1-3H3. The molecule has 6 nitrogen and oxygen atoms in total. The first-order chi connectivity index (χ1) is 14.5. The van der Waals surface area contributed by atoms with Crippen LogP contribution in [-0.2, 0) is 6.54 Å². The number of nitrogens with zero attached hydrogens (tertiary/aromatic N) is 3. The lowest BCUT2D eigenvalue weighted by Gasteiger charge is -2.32. The van der Waals surface area contributed by atoms with Gasteiger partial charge in [0.1, 0.15) is 17.3 Å². The SMILES string of the molecule is CCCCC1=NC2C=[N+]([O-])c3cc(Br)ccc3C2N1Cc1ccc(OC)cc1OC. The van der Waals surface area contributed by atoms with E-state index >= 15 is 0 Å². The fourth-order valence-electron chi connectivity index (χ4n) is 4.20. The second kappa shape index (κ2) is 8.68. The molecule has 0 saturated carbocycles. The van der Waals surface area contributed by atoms with E-state index < -0.39 is 0 Å². The van der Waals surface area contributed by atoms with Crippen LogP contribution >= 0.6 is 15.9 Å². The van der Waals surface area contributed by atoms with Crippen molar-refractivity contribution in [2.75, 3.05) is 14.2 Å². The lowest BCUT2D eigenvalue weighted by atomic mass is 9.95. The van der Waals surface area contributed by atoms with E-state index in [2.05, 4.69) is 27.8 Å². The molecule has 2 aromatic rings. The fraction of sp³-hybridized carbons (Fsp3) is 0.391. The molecule has 0 bridgehead atoms. The molecule has 2 unspecified atom stereocenters. The highest BCUT2D eigenvalue weighted by molar-refractivity contribution is 9.10. The van der Waals surface area contributed by atoms with Gasteiger partial charge in [0.2, 0.25) is 5.69 Å².